The molecule has 7 heteroatoms. The molecule has 1 N–H and O–H groups in total. The zero-order valence-corrected chi connectivity index (χ0v) is 14.8. The Hall–Kier alpha value is -3.09. The maximum Gasteiger partial charge on any atom is 0.314 e. The minimum Gasteiger partial charge on any atom is -0.496 e. The van der Waals surface area contributed by atoms with Crippen LogP contribution in [0.3, 0.4) is 0 Å². The van der Waals surface area contributed by atoms with Crippen molar-refractivity contribution in [3.8, 4) is 11.5 Å². The second kappa shape index (κ2) is 9.41. The van der Waals surface area contributed by atoms with E-state index in [9.17, 15) is 14.9 Å². The first-order valence-corrected chi connectivity index (χ1v) is 8.34. The van der Waals surface area contributed by atoms with E-state index in [0.29, 0.717) is 5.75 Å². The first-order valence-electron chi connectivity index (χ1n) is 8.34. The van der Waals surface area contributed by atoms with Gasteiger partial charge in [-0.05, 0) is 24.1 Å². The van der Waals surface area contributed by atoms with Gasteiger partial charge < -0.3 is 14.8 Å². The summed E-state index contributed by atoms with van der Waals surface area (Å²) in [6, 6.07) is 13.8. The van der Waals surface area contributed by atoms with Gasteiger partial charge in [0.1, 0.15) is 5.75 Å². The first-order chi connectivity index (χ1) is 12.5. The number of benzene rings is 2. The second-order valence-electron chi connectivity index (χ2n) is 5.70. The monoisotopic (exact) mass is 358 g/mol. The van der Waals surface area contributed by atoms with Gasteiger partial charge in [0.25, 0.3) is 5.91 Å². The molecule has 2 aromatic carbocycles. The van der Waals surface area contributed by atoms with E-state index in [1.165, 1.54) is 19.2 Å². The number of hydrogen-bond donors (Lipinski definition) is 1. The van der Waals surface area contributed by atoms with Crippen molar-refractivity contribution in [3.63, 3.8) is 0 Å². The number of rotatable bonds is 9. The molecule has 0 radical (unpaired) electrons. The van der Waals surface area contributed by atoms with Gasteiger partial charge in [0.15, 0.2) is 12.4 Å². The number of carbonyl (C=O) groups is 1. The Kier molecular flexibility index (Phi) is 6.96. The molecule has 1 amide bonds. The highest BCUT2D eigenvalue weighted by atomic mass is 16.6. The van der Waals surface area contributed by atoms with E-state index in [2.05, 4.69) is 5.32 Å². The lowest BCUT2D eigenvalue weighted by Gasteiger charge is -2.18. The number of hydrogen-bond acceptors (Lipinski definition) is 5. The van der Waals surface area contributed by atoms with Gasteiger partial charge in [-0.3, -0.25) is 14.9 Å². The predicted octanol–water partition coefficient (Wildman–Crippen LogP) is 3.64. The Labute approximate surface area is 152 Å². The summed E-state index contributed by atoms with van der Waals surface area (Å²) in [5.41, 5.74) is 0.767. The van der Waals surface area contributed by atoms with Crippen LogP contribution in [-0.2, 0) is 4.79 Å². The SMILES string of the molecule is CCC[C@H](NC(=O)COc1ccc(OC)cc1[N+](=O)[O-])c1ccccc1. The van der Waals surface area contributed by atoms with Crippen LogP contribution in [0.4, 0.5) is 5.69 Å². The Morgan fingerprint density at radius 2 is 1.96 bits per heavy atom. The quantitative estimate of drug-likeness (QED) is 0.546. The van der Waals surface area contributed by atoms with Crippen molar-refractivity contribution in [2.45, 2.75) is 25.8 Å². The lowest BCUT2D eigenvalue weighted by Crippen LogP contribution is -2.32. The average Bonchev–Trinajstić information content (AvgIpc) is 2.66. The molecule has 7 nitrogen and oxygen atoms in total. The van der Waals surface area contributed by atoms with E-state index < -0.39 is 4.92 Å². The molecule has 0 saturated carbocycles. The summed E-state index contributed by atoms with van der Waals surface area (Å²) in [5.74, 6) is 0.0377. The van der Waals surface area contributed by atoms with Gasteiger partial charge in [0.2, 0.25) is 0 Å². The van der Waals surface area contributed by atoms with E-state index in [1.807, 2.05) is 37.3 Å². The van der Waals surface area contributed by atoms with Crippen LogP contribution in [0, 0.1) is 10.1 Å². The summed E-state index contributed by atoms with van der Waals surface area (Å²) in [4.78, 5) is 22.8. The van der Waals surface area contributed by atoms with E-state index in [-0.39, 0.29) is 30.0 Å². The van der Waals surface area contributed by atoms with Crippen molar-refractivity contribution < 1.29 is 19.2 Å². The standard InChI is InChI=1S/C19H22N2O5/c1-3-7-16(14-8-5-4-6-9-14)20-19(22)13-26-18-11-10-15(25-2)12-17(18)21(23)24/h4-6,8-12,16H,3,7,13H2,1-2H3,(H,20,22)/t16-/m0/s1. The number of ether oxygens (including phenoxy) is 2. The number of methoxy groups -OCH3 is 1. The van der Waals surface area contributed by atoms with E-state index >= 15 is 0 Å². The third-order valence-electron chi connectivity index (χ3n) is 3.84. The Morgan fingerprint density at radius 3 is 2.58 bits per heavy atom. The number of nitrogens with one attached hydrogen (secondary N) is 1. The van der Waals surface area contributed by atoms with Crippen LogP contribution in [0.15, 0.2) is 48.5 Å². The number of nitro benzene ring substituents is 1. The molecular weight excluding hydrogens is 336 g/mol. The lowest BCUT2D eigenvalue weighted by atomic mass is 10.0. The molecule has 0 fully saturated rings. The van der Waals surface area contributed by atoms with Crippen molar-refractivity contribution in [3.05, 3.63) is 64.2 Å². The molecule has 0 aromatic heterocycles. The summed E-state index contributed by atoms with van der Waals surface area (Å²) in [6.07, 6.45) is 1.70. The Morgan fingerprint density at radius 1 is 1.23 bits per heavy atom. The van der Waals surface area contributed by atoms with Gasteiger partial charge in [-0.2, -0.15) is 0 Å². The second-order valence-corrected chi connectivity index (χ2v) is 5.70. The summed E-state index contributed by atoms with van der Waals surface area (Å²) >= 11 is 0. The fraction of sp³-hybridized carbons (Fsp3) is 0.316. The van der Waals surface area contributed by atoms with Crippen LogP contribution in [-0.4, -0.2) is 24.5 Å². The average molecular weight is 358 g/mol. The van der Waals surface area contributed by atoms with Gasteiger partial charge in [-0.1, -0.05) is 43.7 Å². The van der Waals surface area contributed by atoms with Crippen LogP contribution in [0.5, 0.6) is 11.5 Å². The van der Waals surface area contributed by atoms with E-state index in [0.717, 1.165) is 18.4 Å². The molecule has 2 aromatic rings. The molecule has 0 saturated heterocycles. The predicted molar refractivity (Wildman–Crippen MR) is 97.4 cm³/mol. The molecule has 0 heterocycles. The molecule has 1 atom stereocenters. The minimum absolute atomic E-state index is 0.0257. The maximum absolute atomic E-state index is 12.2. The Balaban J connectivity index is 2.02. The summed E-state index contributed by atoms with van der Waals surface area (Å²) in [6.45, 7) is 1.74. The van der Waals surface area contributed by atoms with Gasteiger partial charge in [-0.25, -0.2) is 0 Å². The third kappa shape index (κ3) is 5.20. The first kappa shape index (κ1) is 19.2. The summed E-state index contributed by atoms with van der Waals surface area (Å²) < 4.78 is 10.3. The van der Waals surface area contributed by atoms with Gasteiger partial charge in [0.05, 0.1) is 24.1 Å². The molecule has 0 unspecified atom stereocenters. The highest BCUT2D eigenvalue weighted by molar-refractivity contribution is 5.78. The van der Waals surface area contributed by atoms with Crippen molar-refractivity contribution in [2.24, 2.45) is 0 Å². The fourth-order valence-electron chi connectivity index (χ4n) is 2.56. The molecular formula is C19H22N2O5. The topological polar surface area (TPSA) is 90.7 Å². The summed E-state index contributed by atoms with van der Waals surface area (Å²) in [5, 5.41) is 14.1. The van der Waals surface area contributed by atoms with Crippen LogP contribution < -0.4 is 14.8 Å². The maximum atomic E-state index is 12.2. The van der Waals surface area contributed by atoms with E-state index in [1.54, 1.807) is 6.07 Å². The molecule has 138 valence electrons. The molecule has 26 heavy (non-hydrogen) atoms. The molecule has 0 aliphatic carbocycles. The zero-order valence-electron chi connectivity index (χ0n) is 14.8. The number of amides is 1. The third-order valence-corrected chi connectivity index (χ3v) is 3.84. The van der Waals surface area contributed by atoms with Crippen LogP contribution in [0.25, 0.3) is 0 Å². The number of carbonyl (C=O) groups excluding carboxylic acids is 1. The highest BCUT2D eigenvalue weighted by Gasteiger charge is 2.19. The number of nitro groups is 1. The molecule has 0 spiro atoms. The highest BCUT2D eigenvalue weighted by Crippen LogP contribution is 2.31. The molecule has 0 aliphatic heterocycles. The molecule has 2 rings (SSSR count). The Bertz CT molecular complexity index is 749. The fourth-order valence-corrected chi connectivity index (χ4v) is 2.56. The van der Waals surface area contributed by atoms with Crippen molar-refractivity contribution in [2.75, 3.05) is 13.7 Å². The number of nitrogens with zero attached hydrogens (tertiary/aromatic N) is 1. The van der Waals surface area contributed by atoms with Crippen LogP contribution >= 0.6 is 0 Å². The molecule has 0 aliphatic rings. The van der Waals surface area contributed by atoms with Gasteiger partial charge >= 0.3 is 5.69 Å². The largest absolute Gasteiger partial charge is 0.496 e. The van der Waals surface area contributed by atoms with E-state index in [4.69, 9.17) is 9.47 Å². The lowest BCUT2D eigenvalue weighted by molar-refractivity contribution is -0.385. The van der Waals surface area contributed by atoms with Crippen molar-refractivity contribution in [1.82, 2.24) is 5.32 Å². The zero-order chi connectivity index (χ0) is 18.9. The normalized spacial score (nSPS) is 11.5. The van der Waals surface area contributed by atoms with Gasteiger partial charge in [0, 0.05) is 0 Å². The van der Waals surface area contributed by atoms with Crippen molar-refractivity contribution in [1.29, 1.82) is 0 Å². The van der Waals surface area contributed by atoms with Crippen molar-refractivity contribution >= 4 is 11.6 Å². The summed E-state index contributed by atoms with van der Waals surface area (Å²) in [7, 11) is 1.42. The molecule has 0 bridgehead atoms. The van der Waals surface area contributed by atoms with Crippen LogP contribution in [0.2, 0.25) is 0 Å². The van der Waals surface area contributed by atoms with Gasteiger partial charge in [-0.15, -0.1) is 0 Å². The smallest absolute Gasteiger partial charge is 0.314 e. The van der Waals surface area contributed by atoms with Crippen LogP contribution in [0.1, 0.15) is 31.4 Å². The minimum atomic E-state index is -0.570.